The molecule has 6 heteroatoms. The molecule has 1 atom stereocenters. The summed E-state index contributed by atoms with van der Waals surface area (Å²) in [6.45, 7) is 3.90. The molecule has 0 bridgehead atoms. The van der Waals surface area contributed by atoms with Gasteiger partial charge in [0.25, 0.3) is 0 Å². The molecule has 5 nitrogen and oxygen atoms in total. The van der Waals surface area contributed by atoms with Crippen LogP contribution in [0.2, 0.25) is 5.02 Å². The zero-order valence-electron chi connectivity index (χ0n) is 12.4. The van der Waals surface area contributed by atoms with E-state index in [1.165, 1.54) is 4.90 Å². The molecule has 2 rings (SSSR count). The number of piperazine rings is 1. The molecule has 1 saturated heterocycles. The van der Waals surface area contributed by atoms with Gasteiger partial charge in [0, 0.05) is 10.6 Å². The van der Waals surface area contributed by atoms with E-state index in [9.17, 15) is 9.59 Å². The highest BCUT2D eigenvalue weighted by atomic mass is 35.5. The quantitative estimate of drug-likeness (QED) is 0.925. The molecule has 2 amide bonds. The fraction of sp³-hybridized carbons (Fsp3) is 0.467. The first kappa shape index (κ1) is 15.6. The van der Waals surface area contributed by atoms with Crippen LogP contribution >= 0.6 is 11.6 Å². The van der Waals surface area contributed by atoms with Crippen LogP contribution in [0.15, 0.2) is 18.2 Å². The lowest BCUT2D eigenvalue weighted by Crippen LogP contribution is -2.64. The number of amides is 2. The molecule has 114 valence electrons. The number of methoxy groups -OCH3 is 1. The molecule has 21 heavy (non-hydrogen) atoms. The molecule has 0 saturated carbocycles. The number of ether oxygens (including phenoxy) is 1. The molecular formula is C15H19ClN2O3. The van der Waals surface area contributed by atoms with Gasteiger partial charge in [-0.15, -0.1) is 0 Å². The number of carbonyl (C=O) groups excluding carboxylic acids is 2. The van der Waals surface area contributed by atoms with Crippen LogP contribution in [-0.4, -0.2) is 35.9 Å². The fourth-order valence-electron chi connectivity index (χ4n) is 2.44. The van der Waals surface area contributed by atoms with Crippen LogP contribution in [0.3, 0.4) is 0 Å². The van der Waals surface area contributed by atoms with Gasteiger partial charge in [-0.2, -0.15) is 0 Å². The number of nitrogens with zero attached hydrogens (tertiary/aromatic N) is 1. The van der Waals surface area contributed by atoms with Gasteiger partial charge in [0.15, 0.2) is 0 Å². The lowest BCUT2D eigenvalue weighted by atomic mass is 9.94. The molecule has 1 fully saturated rings. The lowest BCUT2D eigenvalue weighted by molar-refractivity contribution is -0.149. The summed E-state index contributed by atoms with van der Waals surface area (Å²) in [4.78, 5) is 25.9. The van der Waals surface area contributed by atoms with Gasteiger partial charge in [0.1, 0.15) is 11.3 Å². The smallest absolute Gasteiger partial charge is 0.248 e. The van der Waals surface area contributed by atoms with E-state index in [1.54, 1.807) is 32.2 Å². The first-order chi connectivity index (χ1) is 9.91. The van der Waals surface area contributed by atoms with Crippen molar-refractivity contribution in [3.05, 3.63) is 28.8 Å². The normalized spacial score (nSPS) is 22.2. The van der Waals surface area contributed by atoms with Gasteiger partial charge < -0.3 is 15.0 Å². The van der Waals surface area contributed by atoms with Crippen LogP contribution < -0.4 is 10.1 Å². The number of hydrogen-bond donors (Lipinski definition) is 1. The van der Waals surface area contributed by atoms with Crippen molar-refractivity contribution >= 4 is 23.4 Å². The Morgan fingerprint density at radius 2 is 2.14 bits per heavy atom. The number of halogens is 1. The molecule has 1 aliphatic rings. The topological polar surface area (TPSA) is 58.6 Å². The summed E-state index contributed by atoms with van der Waals surface area (Å²) in [7, 11) is 1.55. The van der Waals surface area contributed by atoms with Crippen LogP contribution in [0.5, 0.6) is 5.75 Å². The Balaban J connectivity index is 2.31. The second-order valence-corrected chi connectivity index (χ2v) is 5.72. The van der Waals surface area contributed by atoms with Crippen LogP contribution in [0.4, 0.5) is 0 Å². The Morgan fingerprint density at radius 3 is 2.76 bits per heavy atom. The second-order valence-electron chi connectivity index (χ2n) is 5.32. The van der Waals surface area contributed by atoms with Crippen molar-refractivity contribution in [1.29, 1.82) is 0 Å². The Bertz CT molecular complexity index is 576. The number of benzene rings is 1. The molecule has 1 N–H and O–H groups in total. The van der Waals surface area contributed by atoms with Gasteiger partial charge >= 0.3 is 0 Å². The van der Waals surface area contributed by atoms with Crippen LogP contribution in [0, 0.1) is 0 Å². The molecule has 0 spiro atoms. The summed E-state index contributed by atoms with van der Waals surface area (Å²) < 4.78 is 5.29. The van der Waals surface area contributed by atoms with Crippen LogP contribution in [-0.2, 0) is 16.1 Å². The van der Waals surface area contributed by atoms with Crippen molar-refractivity contribution < 1.29 is 14.3 Å². The SMILES string of the molecule is CCC1(C)NC(=O)CN(Cc2c(Cl)cccc2OC)C1=O. The highest BCUT2D eigenvalue weighted by molar-refractivity contribution is 6.31. The van der Waals surface area contributed by atoms with Crippen LogP contribution in [0.1, 0.15) is 25.8 Å². The summed E-state index contributed by atoms with van der Waals surface area (Å²) in [5.41, 5.74) is -0.146. The largest absolute Gasteiger partial charge is 0.496 e. The molecule has 1 heterocycles. The summed E-state index contributed by atoms with van der Waals surface area (Å²) in [6, 6.07) is 5.31. The van der Waals surface area contributed by atoms with Crippen molar-refractivity contribution in [1.82, 2.24) is 10.2 Å². The number of nitrogens with one attached hydrogen (secondary N) is 1. The van der Waals surface area contributed by atoms with Gasteiger partial charge in [0.05, 0.1) is 20.2 Å². The van der Waals surface area contributed by atoms with Crippen molar-refractivity contribution in [3.8, 4) is 5.75 Å². The minimum absolute atomic E-state index is 0.0306. The molecule has 0 aromatic heterocycles. The third-order valence-electron chi connectivity index (χ3n) is 3.86. The number of carbonyl (C=O) groups is 2. The monoisotopic (exact) mass is 310 g/mol. The molecular weight excluding hydrogens is 292 g/mol. The van der Waals surface area contributed by atoms with E-state index in [-0.39, 0.29) is 24.9 Å². The first-order valence-electron chi connectivity index (χ1n) is 6.83. The standard InChI is InChI=1S/C15H19ClN2O3/c1-4-15(2)14(20)18(9-13(19)17-15)8-10-11(16)6-5-7-12(10)21-3/h5-7H,4,8-9H2,1-3H3,(H,17,19). The van der Waals surface area contributed by atoms with Gasteiger partial charge in [-0.3, -0.25) is 9.59 Å². The zero-order chi connectivity index (χ0) is 15.6. The third kappa shape index (κ3) is 2.97. The average molecular weight is 311 g/mol. The predicted molar refractivity (Wildman–Crippen MR) is 80.3 cm³/mol. The van der Waals surface area contributed by atoms with E-state index < -0.39 is 5.54 Å². The fourth-order valence-corrected chi connectivity index (χ4v) is 2.66. The zero-order valence-corrected chi connectivity index (χ0v) is 13.2. The van der Waals surface area contributed by atoms with E-state index in [1.807, 2.05) is 6.92 Å². The van der Waals surface area contributed by atoms with Crippen molar-refractivity contribution in [3.63, 3.8) is 0 Å². The molecule has 0 aliphatic carbocycles. The number of hydrogen-bond acceptors (Lipinski definition) is 3. The molecule has 1 aliphatic heterocycles. The minimum atomic E-state index is -0.857. The Kier molecular flexibility index (Phi) is 4.42. The van der Waals surface area contributed by atoms with E-state index >= 15 is 0 Å². The van der Waals surface area contributed by atoms with Gasteiger partial charge in [0.2, 0.25) is 11.8 Å². The molecule has 1 unspecified atom stereocenters. The highest BCUT2D eigenvalue weighted by Gasteiger charge is 2.41. The highest BCUT2D eigenvalue weighted by Crippen LogP contribution is 2.29. The maximum Gasteiger partial charge on any atom is 0.248 e. The Labute approximate surface area is 129 Å². The van der Waals surface area contributed by atoms with E-state index in [0.717, 1.165) is 0 Å². The second kappa shape index (κ2) is 5.93. The summed E-state index contributed by atoms with van der Waals surface area (Å²) >= 11 is 6.20. The maximum atomic E-state index is 12.6. The van der Waals surface area contributed by atoms with E-state index in [2.05, 4.69) is 5.32 Å². The minimum Gasteiger partial charge on any atom is -0.496 e. The van der Waals surface area contributed by atoms with Crippen molar-refractivity contribution in [2.24, 2.45) is 0 Å². The summed E-state index contributed by atoms with van der Waals surface area (Å²) in [6.07, 6.45) is 0.535. The Morgan fingerprint density at radius 1 is 1.43 bits per heavy atom. The predicted octanol–water partition coefficient (Wildman–Crippen LogP) is 1.98. The lowest BCUT2D eigenvalue weighted by Gasteiger charge is -2.39. The summed E-state index contributed by atoms with van der Waals surface area (Å²) in [5, 5.41) is 3.28. The molecule has 0 radical (unpaired) electrons. The van der Waals surface area contributed by atoms with Gasteiger partial charge in [-0.25, -0.2) is 0 Å². The van der Waals surface area contributed by atoms with Crippen LogP contribution in [0.25, 0.3) is 0 Å². The molecule has 1 aromatic rings. The van der Waals surface area contributed by atoms with E-state index in [0.29, 0.717) is 22.8 Å². The van der Waals surface area contributed by atoms with Crippen molar-refractivity contribution in [2.75, 3.05) is 13.7 Å². The summed E-state index contributed by atoms with van der Waals surface area (Å²) in [5.74, 6) is 0.344. The van der Waals surface area contributed by atoms with E-state index in [4.69, 9.17) is 16.3 Å². The first-order valence-corrected chi connectivity index (χ1v) is 7.21. The third-order valence-corrected chi connectivity index (χ3v) is 4.21. The van der Waals surface area contributed by atoms with Gasteiger partial charge in [-0.1, -0.05) is 24.6 Å². The van der Waals surface area contributed by atoms with Gasteiger partial charge in [-0.05, 0) is 25.5 Å². The number of rotatable bonds is 4. The van der Waals surface area contributed by atoms with Crippen molar-refractivity contribution in [2.45, 2.75) is 32.4 Å². The average Bonchev–Trinajstić information content (AvgIpc) is 2.46. The molecule has 1 aromatic carbocycles. The maximum absolute atomic E-state index is 12.6. The Hall–Kier alpha value is -1.75.